The highest BCUT2D eigenvalue weighted by Gasteiger charge is 2.23. The summed E-state index contributed by atoms with van der Waals surface area (Å²) in [5.41, 5.74) is 7.14. The number of amides is 1. The molecule has 0 aliphatic heterocycles. The summed E-state index contributed by atoms with van der Waals surface area (Å²) in [4.78, 5) is 14.4. The van der Waals surface area contributed by atoms with Gasteiger partial charge in [0.1, 0.15) is 0 Å². The van der Waals surface area contributed by atoms with E-state index < -0.39 is 0 Å². The van der Waals surface area contributed by atoms with Gasteiger partial charge in [0.15, 0.2) is 0 Å². The first-order chi connectivity index (χ1) is 9.95. The third kappa shape index (κ3) is 4.71. The molecule has 1 aromatic rings. The maximum Gasteiger partial charge on any atom is 0.238 e. The topological polar surface area (TPSA) is 58.4 Å². The molecule has 0 bridgehead atoms. The van der Waals surface area contributed by atoms with Crippen molar-refractivity contribution in [1.82, 2.24) is 4.90 Å². The maximum absolute atomic E-state index is 12.2. The van der Waals surface area contributed by atoms with Crippen LogP contribution in [0.25, 0.3) is 0 Å². The molecule has 1 aliphatic carbocycles. The molecule has 2 unspecified atom stereocenters. The molecule has 0 radical (unpaired) electrons. The predicted octanol–water partition coefficient (Wildman–Crippen LogP) is 3.48. The van der Waals surface area contributed by atoms with Gasteiger partial charge in [-0.05, 0) is 59.9 Å². The van der Waals surface area contributed by atoms with Crippen molar-refractivity contribution in [3.63, 3.8) is 0 Å². The first kappa shape index (κ1) is 16.3. The van der Waals surface area contributed by atoms with Gasteiger partial charge in [0.2, 0.25) is 5.91 Å². The lowest BCUT2D eigenvalue weighted by Crippen LogP contribution is -2.40. The number of nitrogen functional groups attached to an aromatic ring is 1. The van der Waals surface area contributed by atoms with Crippen molar-refractivity contribution in [3.05, 3.63) is 22.7 Å². The van der Waals surface area contributed by atoms with Crippen LogP contribution in [0.5, 0.6) is 0 Å². The molecule has 2 rings (SSSR count). The van der Waals surface area contributed by atoms with Gasteiger partial charge in [-0.15, -0.1) is 0 Å². The van der Waals surface area contributed by atoms with Gasteiger partial charge in [-0.1, -0.05) is 19.8 Å². The Kier molecular flexibility index (Phi) is 5.65. The molecular formula is C16H24BrN3O. The van der Waals surface area contributed by atoms with Gasteiger partial charge in [-0.2, -0.15) is 0 Å². The van der Waals surface area contributed by atoms with E-state index in [1.54, 1.807) is 12.1 Å². The number of nitrogens with one attached hydrogen (secondary N) is 1. The number of halogens is 1. The van der Waals surface area contributed by atoms with Crippen molar-refractivity contribution >= 4 is 33.2 Å². The summed E-state index contributed by atoms with van der Waals surface area (Å²) in [7, 11) is 2.04. The number of nitrogens with zero attached hydrogens (tertiary/aromatic N) is 1. The zero-order valence-electron chi connectivity index (χ0n) is 12.7. The fourth-order valence-corrected chi connectivity index (χ4v) is 3.48. The van der Waals surface area contributed by atoms with Crippen molar-refractivity contribution in [2.24, 2.45) is 5.92 Å². The lowest BCUT2D eigenvalue weighted by atomic mass is 9.86. The van der Waals surface area contributed by atoms with Crippen LogP contribution in [-0.2, 0) is 4.79 Å². The Balaban J connectivity index is 1.89. The molecule has 3 N–H and O–H groups in total. The van der Waals surface area contributed by atoms with Crippen molar-refractivity contribution in [2.75, 3.05) is 24.6 Å². The zero-order valence-corrected chi connectivity index (χ0v) is 14.3. The Bertz CT molecular complexity index is 506. The number of carbonyl (C=O) groups is 1. The van der Waals surface area contributed by atoms with Crippen molar-refractivity contribution in [2.45, 2.75) is 38.6 Å². The van der Waals surface area contributed by atoms with Crippen LogP contribution in [0.15, 0.2) is 22.7 Å². The van der Waals surface area contributed by atoms with Crippen LogP contribution in [0.3, 0.4) is 0 Å². The quantitative estimate of drug-likeness (QED) is 0.814. The van der Waals surface area contributed by atoms with Gasteiger partial charge in [-0.3, -0.25) is 9.69 Å². The molecule has 2 atom stereocenters. The van der Waals surface area contributed by atoms with Crippen LogP contribution in [0.4, 0.5) is 11.4 Å². The molecule has 0 heterocycles. The monoisotopic (exact) mass is 353 g/mol. The van der Waals surface area contributed by atoms with Gasteiger partial charge in [0.05, 0.1) is 12.2 Å². The molecule has 21 heavy (non-hydrogen) atoms. The molecule has 0 aromatic heterocycles. The number of likely N-dealkylation sites (N-methyl/N-ethyl adjacent to an activating group) is 1. The van der Waals surface area contributed by atoms with E-state index in [2.05, 4.69) is 33.1 Å². The van der Waals surface area contributed by atoms with E-state index in [4.69, 9.17) is 5.73 Å². The van der Waals surface area contributed by atoms with Crippen LogP contribution < -0.4 is 11.1 Å². The molecule has 1 aromatic carbocycles. The summed E-state index contributed by atoms with van der Waals surface area (Å²) in [6.07, 6.45) is 4.96. The van der Waals surface area contributed by atoms with Gasteiger partial charge >= 0.3 is 0 Å². The fourth-order valence-electron chi connectivity index (χ4n) is 2.98. The third-order valence-electron chi connectivity index (χ3n) is 4.19. The van der Waals surface area contributed by atoms with E-state index in [1.165, 1.54) is 25.7 Å². The summed E-state index contributed by atoms with van der Waals surface area (Å²) < 4.78 is 0.810. The second kappa shape index (κ2) is 7.27. The minimum absolute atomic E-state index is 0.0150. The molecule has 0 saturated heterocycles. The molecule has 1 fully saturated rings. The minimum atomic E-state index is 0.0150. The van der Waals surface area contributed by atoms with Gasteiger partial charge in [-0.25, -0.2) is 0 Å². The first-order valence-electron chi connectivity index (χ1n) is 7.51. The summed E-state index contributed by atoms with van der Waals surface area (Å²) in [5, 5.41) is 2.94. The number of rotatable bonds is 4. The Morgan fingerprint density at radius 1 is 1.48 bits per heavy atom. The molecule has 1 amide bonds. The van der Waals surface area contributed by atoms with Crippen LogP contribution in [0, 0.1) is 5.92 Å². The van der Waals surface area contributed by atoms with Gasteiger partial charge in [0, 0.05) is 16.2 Å². The first-order valence-corrected chi connectivity index (χ1v) is 8.30. The lowest BCUT2D eigenvalue weighted by Gasteiger charge is -2.33. The number of anilines is 2. The van der Waals surface area contributed by atoms with E-state index in [-0.39, 0.29) is 5.91 Å². The van der Waals surface area contributed by atoms with Gasteiger partial charge in [0.25, 0.3) is 0 Å². The second-order valence-electron chi connectivity index (χ2n) is 6.13. The number of benzene rings is 1. The van der Waals surface area contributed by atoms with Crippen LogP contribution in [0.2, 0.25) is 0 Å². The number of hydrogen-bond acceptors (Lipinski definition) is 3. The average Bonchev–Trinajstić information content (AvgIpc) is 2.42. The Morgan fingerprint density at radius 3 is 2.90 bits per heavy atom. The van der Waals surface area contributed by atoms with Crippen molar-refractivity contribution in [1.29, 1.82) is 0 Å². The average molecular weight is 354 g/mol. The molecule has 1 saturated carbocycles. The molecule has 116 valence electrons. The zero-order chi connectivity index (χ0) is 15.4. The number of hydrogen-bond donors (Lipinski definition) is 2. The van der Waals surface area contributed by atoms with E-state index in [0.29, 0.717) is 18.3 Å². The highest BCUT2D eigenvalue weighted by molar-refractivity contribution is 9.10. The predicted molar refractivity (Wildman–Crippen MR) is 91.2 cm³/mol. The highest BCUT2D eigenvalue weighted by Crippen LogP contribution is 2.27. The minimum Gasteiger partial charge on any atom is -0.399 e. The molecule has 1 aliphatic rings. The van der Waals surface area contributed by atoms with Crippen LogP contribution >= 0.6 is 15.9 Å². The van der Waals surface area contributed by atoms with Crippen molar-refractivity contribution < 1.29 is 4.79 Å². The van der Waals surface area contributed by atoms with E-state index in [9.17, 15) is 4.79 Å². The number of carbonyl (C=O) groups excluding carboxylic acids is 1. The summed E-state index contributed by atoms with van der Waals surface area (Å²) >= 11 is 3.42. The van der Waals surface area contributed by atoms with Crippen molar-refractivity contribution in [3.8, 4) is 0 Å². The summed E-state index contributed by atoms with van der Waals surface area (Å²) in [6.45, 7) is 2.72. The molecular weight excluding hydrogens is 330 g/mol. The highest BCUT2D eigenvalue weighted by atomic mass is 79.9. The SMILES string of the molecule is CC1CCCC(N(C)CC(=O)Nc2ccc(N)cc2Br)C1. The Hall–Kier alpha value is -1.07. The van der Waals surface area contributed by atoms with Crippen LogP contribution in [-0.4, -0.2) is 30.4 Å². The Labute approximate surface area is 135 Å². The van der Waals surface area contributed by atoms with E-state index >= 15 is 0 Å². The standard InChI is InChI=1S/C16H24BrN3O/c1-11-4-3-5-13(8-11)20(2)10-16(21)19-15-7-6-12(18)9-14(15)17/h6-7,9,11,13H,3-5,8,10,18H2,1-2H3,(H,19,21). The maximum atomic E-state index is 12.2. The normalized spacial score (nSPS) is 22.3. The molecule has 0 spiro atoms. The smallest absolute Gasteiger partial charge is 0.238 e. The summed E-state index contributed by atoms with van der Waals surface area (Å²) in [5.74, 6) is 0.779. The lowest BCUT2D eigenvalue weighted by molar-refractivity contribution is -0.117. The fraction of sp³-hybridized carbons (Fsp3) is 0.562. The number of nitrogens with two attached hydrogens (primary N) is 1. The largest absolute Gasteiger partial charge is 0.399 e. The van der Waals surface area contributed by atoms with E-state index in [1.807, 2.05) is 13.1 Å². The molecule has 4 nitrogen and oxygen atoms in total. The third-order valence-corrected chi connectivity index (χ3v) is 4.85. The Morgan fingerprint density at radius 2 is 2.24 bits per heavy atom. The van der Waals surface area contributed by atoms with Gasteiger partial charge < -0.3 is 11.1 Å². The molecule has 5 heteroatoms. The second-order valence-corrected chi connectivity index (χ2v) is 6.98. The van der Waals surface area contributed by atoms with E-state index in [0.717, 1.165) is 16.1 Å². The summed E-state index contributed by atoms with van der Waals surface area (Å²) in [6, 6.07) is 5.92. The van der Waals surface area contributed by atoms with Crippen LogP contribution in [0.1, 0.15) is 32.6 Å².